The van der Waals surface area contributed by atoms with E-state index in [0.29, 0.717) is 19.5 Å². The summed E-state index contributed by atoms with van der Waals surface area (Å²) in [5, 5.41) is 16.1. The zero-order valence-electron chi connectivity index (χ0n) is 26.1. The molecule has 4 amide bonds. The van der Waals surface area contributed by atoms with E-state index in [1.54, 1.807) is 4.90 Å². The molecule has 13 nitrogen and oxygen atoms in total. The van der Waals surface area contributed by atoms with E-state index in [-0.39, 0.29) is 36.5 Å². The molecule has 3 unspecified atom stereocenters. The van der Waals surface area contributed by atoms with Gasteiger partial charge in [0.25, 0.3) is 5.91 Å². The molecule has 0 bridgehead atoms. The highest BCUT2D eigenvalue weighted by atomic mass is 16.4. The van der Waals surface area contributed by atoms with Gasteiger partial charge in [-0.3, -0.25) is 29.1 Å². The van der Waals surface area contributed by atoms with Gasteiger partial charge < -0.3 is 25.5 Å². The van der Waals surface area contributed by atoms with Crippen LogP contribution in [0.3, 0.4) is 0 Å². The maximum absolute atomic E-state index is 14.4. The van der Waals surface area contributed by atoms with Crippen molar-refractivity contribution in [2.24, 2.45) is 11.3 Å². The van der Waals surface area contributed by atoms with Gasteiger partial charge >= 0.3 is 5.97 Å². The molecule has 3 aliphatic heterocycles. The lowest BCUT2D eigenvalue weighted by Crippen LogP contribution is -2.62. The van der Waals surface area contributed by atoms with Crippen LogP contribution < -0.4 is 10.6 Å². The van der Waals surface area contributed by atoms with Crippen molar-refractivity contribution < 1.29 is 29.1 Å². The standard InChI is InChI=1S/C31H45N7O6/c1-5-37-27(41)21-12-9-15-38(21)31(37)16-22(29(43)44)36(18-31)28(42)24(30(2,3)4)35-26(40)23(19-10-7-6-8-11-19)34-25(39)20-17-32-13-14-33-20/h13-14,17,19,21-24H,5-12,15-16,18H2,1-4H3,(H,34,39)(H,35,40)(H,43,44)/t21-,22?,23-,24?,31?/m0/s1. The third-order valence-corrected chi connectivity index (χ3v) is 9.93. The van der Waals surface area contributed by atoms with Crippen LogP contribution in [0.4, 0.5) is 0 Å². The number of nitrogens with zero attached hydrogens (tertiary/aromatic N) is 5. The van der Waals surface area contributed by atoms with E-state index in [2.05, 4.69) is 25.5 Å². The van der Waals surface area contributed by atoms with Crippen molar-refractivity contribution in [3.05, 3.63) is 24.3 Å². The van der Waals surface area contributed by atoms with Crippen LogP contribution in [0, 0.1) is 11.3 Å². The molecular weight excluding hydrogens is 566 g/mol. The van der Waals surface area contributed by atoms with Gasteiger partial charge in [-0.25, -0.2) is 9.78 Å². The summed E-state index contributed by atoms with van der Waals surface area (Å²) in [6.07, 6.45) is 10.3. The van der Waals surface area contributed by atoms with Gasteiger partial charge in [-0.05, 0) is 43.9 Å². The fourth-order valence-corrected chi connectivity index (χ4v) is 7.78. The molecule has 3 saturated heterocycles. The van der Waals surface area contributed by atoms with E-state index in [4.69, 9.17) is 0 Å². The Labute approximate surface area is 258 Å². The van der Waals surface area contributed by atoms with Crippen LogP contribution in [0.2, 0.25) is 0 Å². The number of hydrogen-bond acceptors (Lipinski definition) is 8. The molecule has 5 rings (SSSR count). The third-order valence-electron chi connectivity index (χ3n) is 9.93. The minimum Gasteiger partial charge on any atom is -0.480 e. The van der Waals surface area contributed by atoms with Crippen LogP contribution in [-0.2, 0) is 19.2 Å². The Morgan fingerprint density at radius 2 is 1.80 bits per heavy atom. The summed E-state index contributed by atoms with van der Waals surface area (Å²) in [4.78, 5) is 80.7. The van der Waals surface area contributed by atoms with Crippen molar-refractivity contribution in [3.8, 4) is 0 Å². The van der Waals surface area contributed by atoms with Gasteiger partial charge in [-0.15, -0.1) is 0 Å². The van der Waals surface area contributed by atoms with E-state index >= 15 is 0 Å². The normalized spacial score (nSPS) is 27.3. The van der Waals surface area contributed by atoms with Gasteiger partial charge in [-0.1, -0.05) is 40.0 Å². The van der Waals surface area contributed by atoms with Crippen molar-refractivity contribution in [2.45, 2.75) is 109 Å². The van der Waals surface area contributed by atoms with Gasteiger partial charge in [0.15, 0.2) is 0 Å². The number of carbonyl (C=O) groups excluding carboxylic acids is 4. The molecule has 4 aliphatic rings. The zero-order valence-corrected chi connectivity index (χ0v) is 26.1. The maximum Gasteiger partial charge on any atom is 0.326 e. The number of aliphatic carboxylic acids is 1. The highest BCUT2D eigenvalue weighted by Crippen LogP contribution is 2.46. The predicted octanol–water partition coefficient (Wildman–Crippen LogP) is 1.39. The van der Waals surface area contributed by atoms with E-state index in [1.165, 1.54) is 23.5 Å². The second-order valence-electron chi connectivity index (χ2n) is 13.7. The first kappa shape index (κ1) is 31.8. The number of carbonyl (C=O) groups is 5. The minimum absolute atomic E-state index is 0.0155. The topological polar surface area (TPSA) is 165 Å². The lowest BCUT2D eigenvalue weighted by Gasteiger charge is -2.40. The molecule has 1 spiro atoms. The molecular formula is C31H45N7O6. The summed E-state index contributed by atoms with van der Waals surface area (Å²) in [5.41, 5.74) is -1.60. The summed E-state index contributed by atoms with van der Waals surface area (Å²) in [6.45, 7) is 8.46. The molecule has 1 aliphatic carbocycles. The van der Waals surface area contributed by atoms with Crippen molar-refractivity contribution in [1.29, 1.82) is 0 Å². The molecule has 4 fully saturated rings. The van der Waals surface area contributed by atoms with Gasteiger partial charge in [0.2, 0.25) is 17.7 Å². The first-order chi connectivity index (χ1) is 20.9. The average Bonchev–Trinajstić information content (AvgIpc) is 3.70. The first-order valence-electron chi connectivity index (χ1n) is 15.9. The monoisotopic (exact) mass is 611 g/mol. The largest absolute Gasteiger partial charge is 0.480 e. The molecule has 1 aromatic rings. The number of fused-ring (bicyclic) bond motifs is 2. The molecule has 1 saturated carbocycles. The molecule has 44 heavy (non-hydrogen) atoms. The SMILES string of the molecule is CCN1C(=O)[C@@H]2CCCN2C12CC(C(=O)O)N(C(=O)C(NC(=O)[C@@H](NC(=O)c1cnccn1)C1CCCCC1)C(C)(C)C)C2. The fraction of sp³-hybridized carbons (Fsp3) is 0.710. The molecule has 0 radical (unpaired) electrons. The number of carboxylic acids is 1. The van der Waals surface area contributed by atoms with Crippen LogP contribution in [0.5, 0.6) is 0 Å². The first-order valence-corrected chi connectivity index (χ1v) is 15.9. The number of amides is 4. The second kappa shape index (κ2) is 12.4. The smallest absolute Gasteiger partial charge is 0.326 e. The second-order valence-corrected chi connectivity index (χ2v) is 13.7. The van der Waals surface area contributed by atoms with Gasteiger partial charge in [0, 0.05) is 31.9 Å². The van der Waals surface area contributed by atoms with Crippen LogP contribution in [0.1, 0.15) is 89.5 Å². The van der Waals surface area contributed by atoms with E-state index in [9.17, 15) is 29.1 Å². The Bertz CT molecular complexity index is 1280. The summed E-state index contributed by atoms with van der Waals surface area (Å²) < 4.78 is 0. The molecule has 13 heteroatoms. The quantitative estimate of drug-likeness (QED) is 0.394. The third kappa shape index (κ3) is 5.78. The highest BCUT2D eigenvalue weighted by molar-refractivity contribution is 5.98. The van der Waals surface area contributed by atoms with Crippen LogP contribution in [0.15, 0.2) is 18.6 Å². The number of aromatic nitrogens is 2. The van der Waals surface area contributed by atoms with Crippen molar-refractivity contribution >= 4 is 29.6 Å². The number of likely N-dealkylation sites (tertiary alicyclic amines) is 1. The van der Waals surface area contributed by atoms with Gasteiger partial charge in [0.1, 0.15) is 29.5 Å². The average molecular weight is 612 g/mol. The van der Waals surface area contributed by atoms with Crippen LogP contribution in [0.25, 0.3) is 0 Å². The molecule has 5 atom stereocenters. The van der Waals surface area contributed by atoms with Gasteiger partial charge in [-0.2, -0.15) is 0 Å². The molecule has 0 aromatic carbocycles. The van der Waals surface area contributed by atoms with Crippen molar-refractivity contribution in [2.75, 3.05) is 19.6 Å². The molecule has 1 aromatic heterocycles. The Morgan fingerprint density at radius 3 is 2.41 bits per heavy atom. The van der Waals surface area contributed by atoms with Crippen LogP contribution in [-0.4, -0.2) is 109 Å². The summed E-state index contributed by atoms with van der Waals surface area (Å²) in [6, 6.07) is -3.44. The number of hydrogen-bond donors (Lipinski definition) is 3. The Hall–Kier alpha value is -3.61. The zero-order chi connectivity index (χ0) is 31.8. The molecule has 3 N–H and O–H groups in total. The number of nitrogens with one attached hydrogen (secondary N) is 2. The molecule has 240 valence electrons. The lowest BCUT2D eigenvalue weighted by atomic mass is 9.82. The lowest BCUT2D eigenvalue weighted by molar-refractivity contribution is -0.151. The van der Waals surface area contributed by atoms with Crippen LogP contribution >= 0.6 is 0 Å². The minimum atomic E-state index is -1.16. The predicted molar refractivity (Wildman–Crippen MR) is 159 cm³/mol. The number of carboxylic acid groups (broad SMARTS) is 1. The Kier molecular flexibility index (Phi) is 8.97. The van der Waals surface area contributed by atoms with Gasteiger partial charge in [0.05, 0.1) is 18.8 Å². The Morgan fingerprint density at radius 1 is 1.07 bits per heavy atom. The maximum atomic E-state index is 14.4. The number of rotatable bonds is 8. The Balaban J connectivity index is 1.42. The van der Waals surface area contributed by atoms with E-state index < -0.39 is 52.9 Å². The molecule has 4 heterocycles. The van der Waals surface area contributed by atoms with Crippen molar-refractivity contribution in [3.63, 3.8) is 0 Å². The van der Waals surface area contributed by atoms with Crippen molar-refractivity contribution in [1.82, 2.24) is 35.3 Å². The summed E-state index contributed by atoms with van der Waals surface area (Å²) >= 11 is 0. The van der Waals surface area contributed by atoms with E-state index in [1.807, 2.05) is 27.7 Å². The fourth-order valence-electron chi connectivity index (χ4n) is 7.78. The summed E-state index contributed by atoms with van der Waals surface area (Å²) in [5.74, 6) is -2.81. The number of likely N-dealkylation sites (N-methyl/N-ethyl adjacent to an activating group) is 1. The highest BCUT2D eigenvalue weighted by Gasteiger charge is 2.64. The summed E-state index contributed by atoms with van der Waals surface area (Å²) in [7, 11) is 0. The van der Waals surface area contributed by atoms with E-state index in [0.717, 1.165) is 38.5 Å².